The van der Waals surface area contributed by atoms with Gasteiger partial charge in [-0.15, -0.1) is 0 Å². The molecular formula is C19H20N4O. The molecule has 0 fully saturated rings. The minimum atomic E-state index is -0.0586. The van der Waals surface area contributed by atoms with Crippen LogP contribution in [0.4, 0.5) is 0 Å². The predicted octanol–water partition coefficient (Wildman–Crippen LogP) is 3.08. The topological polar surface area (TPSA) is 59.8 Å². The summed E-state index contributed by atoms with van der Waals surface area (Å²) in [4.78, 5) is 16.4. The van der Waals surface area contributed by atoms with Crippen LogP contribution in [0.25, 0.3) is 5.69 Å². The Morgan fingerprint density at radius 3 is 2.83 bits per heavy atom. The van der Waals surface area contributed by atoms with Gasteiger partial charge in [0, 0.05) is 30.7 Å². The first kappa shape index (κ1) is 15.9. The molecule has 3 rings (SSSR count). The molecule has 0 bridgehead atoms. The molecule has 0 unspecified atom stereocenters. The largest absolute Gasteiger partial charge is 0.350 e. The molecule has 1 atom stereocenters. The number of nitrogens with one attached hydrogen (secondary N) is 1. The van der Waals surface area contributed by atoms with Crippen LogP contribution in [-0.2, 0) is 11.2 Å². The Morgan fingerprint density at radius 1 is 1.17 bits per heavy atom. The number of carbonyl (C=O) groups is 1. The third-order valence-electron chi connectivity index (χ3n) is 3.85. The van der Waals surface area contributed by atoms with Crippen LogP contribution in [0.3, 0.4) is 0 Å². The summed E-state index contributed by atoms with van der Waals surface area (Å²) in [6.07, 6.45) is 6.47. The summed E-state index contributed by atoms with van der Waals surface area (Å²) >= 11 is 0. The molecule has 0 saturated heterocycles. The molecule has 0 aliphatic carbocycles. The van der Waals surface area contributed by atoms with E-state index >= 15 is 0 Å². The normalized spacial score (nSPS) is 11.9. The van der Waals surface area contributed by atoms with Crippen molar-refractivity contribution < 1.29 is 4.79 Å². The van der Waals surface area contributed by atoms with Gasteiger partial charge in [-0.1, -0.05) is 18.2 Å². The number of aromatic nitrogens is 3. The monoisotopic (exact) mass is 320 g/mol. The quantitative estimate of drug-likeness (QED) is 0.759. The smallest absolute Gasteiger partial charge is 0.220 e. The predicted molar refractivity (Wildman–Crippen MR) is 92.7 cm³/mol. The highest BCUT2D eigenvalue weighted by Crippen LogP contribution is 2.16. The summed E-state index contributed by atoms with van der Waals surface area (Å²) in [5.74, 6) is 0.0256. The lowest BCUT2D eigenvalue weighted by atomic mass is 10.1. The van der Waals surface area contributed by atoms with Crippen molar-refractivity contribution in [2.24, 2.45) is 0 Å². The first-order valence-electron chi connectivity index (χ1n) is 8.01. The van der Waals surface area contributed by atoms with Crippen LogP contribution >= 0.6 is 0 Å². The van der Waals surface area contributed by atoms with Crippen LogP contribution in [0.1, 0.15) is 30.6 Å². The van der Waals surface area contributed by atoms with E-state index in [0.717, 1.165) is 16.9 Å². The lowest BCUT2D eigenvalue weighted by molar-refractivity contribution is -0.121. The highest BCUT2D eigenvalue weighted by molar-refractivity contribution is 5.76. The van der Waals surface area contributed by atoms with Crippen molar-refractivity contribution in [2.75, 3.05) is 0 Å². The molecule has 0 aliphatic rings. The van der Waals surface area contributed by atoms with Crippen molar-refractivity contribution in [3.8, 4) is 5.69 Å². The zero-order chi connectivity index (χ0) is 16.8. The highest BCUT2D eigenvalue weighted by Gasteiger charge is 2.11. The third kappa shape index (κ3) is 4.07. The fraction of sp³-hybridized carbons (Fsp3) is 0.211. The van der Waals surface area contributed by atoms with Gasteiger partial charge in [-0.2, -0.15) is 5.10 Å². The van der Waals surface area contributed by atoms with E-state index in [-0.39, 0.29) is 11.9 Å². The first-order valence-corrected chi connectivity index (χ1v) is 8.01. The molecule has 24 heavy (non-hydrogen) atoms. The van der Waals surface area contributed by atoms with Crippen molar-refractivity contribution >= 4 is 5.91 Å². The second-order valence-corrected chi connectivity index (χ2v) is 5.66. The number of amides is 1. The maximum Gasteiger partial charge on any atom is 0.220 e. The molecule has 1 N–H and O–H groups in total. The van der Waals surface area contributed by atoms with Crippen LogP contribution in [0.2, 0.25) is 0 Å². The van der Waals surface area contributed by atoms with Gasteiger partial charge in [-0.05, 0) is 49.2 Å². The number of hydrogen-bond acceptors (Lipinski definition) is 3. The van der Waals surface area contributed by atoms with Crippen molar-refractivity contribution in [3.05, 3.63) is 78.4 Å². The van der Waals surface area contributed by atoms with Crippen LogP contribution in [-0.4, -0.2) is 20.7 Å². The SMILES string of the molecule is C[C@H](NC(=O)CCc1ccccn1)c1cccc(-n2cccn2)c1. The van der Waals surface area contributed by atoms with Crippen LogP contribution in [0.5, 0.6) is 0 Å². The first-order chi connectivity index (χ1) is 11.7. The average molecular weight is 320 g/mol. The van der Waals surface area contributed by atoms with E-state index < -0.39 is 0 Å². The Kier molecular flexibility index (Phi) is 5.01. The molecule has 122 valence electrons. The molecule has 2 heterocycles. The van der Waals surface area contributed by atoms with Crippen LogP contribution in [0, 0.1) is 0 Å². The van der Waals surface area contributed by atoms with E-state index in [0.29, 0.717) is 12.8 Å². The summed E-state index contributed by atoms with van der Waals surface area (Å²) in [5, 5.41) is 7.28. The van der Waals surface area contributed by atoms with E-state index in [1.807, 2.05) is 61.7 Å². The van der Waals surface area contributed by atoms with Gasteiger partial charge >= 0.3 is 0 Å². The van der Waals surface area contributed by atoms with Gasteiger partial charge in [-0.25, -0.2) is 4.68 Å². The summed E-state index contributed by atoms with van der Waals surface area (Å²) in [5.41, 5.74) is 2.96. The minimum absolute atomic E-state index is 0.0256. The fourth-order valence-corrected chi connectivity index (χ4v) is 2.54. The van der Waals surface area contributed by atoms with Gasteiger partial charge in [0.25, 0.3) is 0 Å². The number of pyridine rings is 1. The number of nitrogens with zero attached hydrogens (tertiary/aromatic N) is 3. The Hall–Kier alpha value is -2.95. The minimum Gasteiger partial charge on any atom is -0.350 e. The molecule has 1 aromatic carbocycles. The van der Waals surface area contributed by atoms with Crippen LogP contribution in [0.15, 0.2) is 67.1 Å². The van der Waals surface area contributed by atoms with Gasteiger partial charge in [0.15, 0.2) is 0 Å². The van der Waals surface area contributed by atoms with Gasteiger partial charge in [-0.3, -0.25) is 9.78 Å². The molecule has 0 saturated carbocycles. The molecule has 5 heteroatoms. The van der Waals surface area contributed by atoms with Crippen molar-refractivity contribution in [2.45, 2.75) is 25.8 Å². The number of hydrogen-bond donors (Lipinski definition) is 1. The van der Waals surface area contributed by atoms with Gasteiger partial charge in [0.05, 0.1) is 11.7 Å². The number of aryl methyl sites for hydroxylation is 1. The molecule has 5 nitrogen and oxygen atoms in total. The standard InChI is InChI=1S/C19H20N4O/c1-15(22-19(24)10-9-17-7-2-3-11-20-17)16-6-4-8-18(14-16)23-13-5-12-21-23/h2-8,11-15H,9-10H2,1H3,(H,22,24)/t15-/m0/s1. The van der Waals surface area contributed by atoms with Gasteiger partial charge < -0.3 is 5.32 Å². The van der Waals surface area contributed by atoms with E-state index in [2.05, 4.69) is 15.4 Å². The number of rotatable bonds is 6. The van der Waals surface area contributed by atoms with Crippen molar-refractivity contribution in [3.63, 3.8) is 0 Å². The second-order valence-electron chi connectivity index (χ2n) is 5.66. The van der Waals surface area contributed by atoms with E-state index in [4.69, 9.17) is 0 Å². The molecule has 0 aliphatic heterocycles. The van der Waals surface area contributed by atoms with Crippen molar-refractivity contribution in [1.82, 2.24) is 20.1 Å². The number of benzene rings is 1. The third-order valence-corrected chi connectivity index (χ3v) is 3.85. The summed E-state index contributed by atoms with van der Waals surface area (Å²) < 4.78 is 1.80. The molecule has 3 aromatic rings. The molecule has 0 radical (unpaired) electrons. The summed E-state index contributed by atoms with van der Waals surface area (Å²) in [6, 6.07) is 15.6. The van der Waals surface area contributed by atoms with Gasteiger partial charge in [0.2, 0.25) is 5.91 Å². The Morgan fingerprint density at radius 2 is 2.08 bits per heavy atom. The zero-order valence-corrected chi connectivity index (χ0v) is 13.6. The zero-order valence-electron chi connectivity index (χ0n) is 13.6. The lowest BCUT2D eigenvalue weighted by Gasteiger charge is -2.15. The van der Waals surface area contributed by atoms with Crippen molar-refractivity contribution in [1.29, 1.82) is 0 Å². The summed E-state index contributed by atoms with van der Waals surface area (Å²) in [6.45, 7) is 1.99. The Bertz CT molecular complexity index is 784. The lowest BCUT2D eigenvalue weighted by Crippen LogP contribution is -2.27. The maximum absolute atomic E-state index is 12.2. The van der Waals surface area contributed by atoms with Gasteiger partial charge in [0.1, 0.15) is 0 Å². The number of carbonyl (C=O) groups excluding carboxylic acids is 1. The average Bonchev–Trinajstić information content (AvgIpc) is 3.16. The van der Waals surface area contributed by atoms with Crippen LogP contribution < -0.4 is 5.32 Å². The maximum atomic E-state index is 12.2. The molecular weight excluding hydrogens is 300 g/mol. The van der Waals surface area contributed by atoms with E-state index in [9.17, 15) is 4.79 Å². The molecule has 2 aromatic heterocycles. The molecule has 1 amide bonds. The summed E-state index contributed by atoms with van der Waals surface area (Å²) in [7, 11) is 0. The van der Waals surface area contributed by atoms with E-state index in [1.54, 1.807) is 17.1 Å². The Labute approximate surface area is 141 Å². The fourth-order valence-electron chi connectivity index (χ4n) is 2.54. The molecule has 0 spiro atoms. The Balaban J connectivity index is 1.59. The van der Waals surface area contributed by atoms with E-state index in [1.165, 1.54) is 0 Å². The highest BCUT2D eigenvalue weighted by atomic mass is 16.1. The second kappa shape index (κ2) is 7.55.